The van der Waals surface area contributed by atoms with E-state index in [1.165, 1.54) is 12.3 Å². The lowest BCUT2D eigenvalue weighted by Crippen LogP contribution is -2.32. The maximum atomic E-state index is 13.8. The van der Waals surface area contributed by atoms with Gasteiger partial charge >= 0.3 is 0 Å². The lowest BCUT2D eigenvalue weighted by atomic mass is 10.1. The van der Waals surface area contributed by atoms with E-state index >= 15 is 0 Å². The van der Waals surface area contributed by atoms with Gasteiger partial charge < -0.3 is 19.8 Å². The van der Waals surface area contributed by atoms with E-state index in [1.54, 1.807) is 34.5 Å². The van der Waals surface area contributed by atoms with Gasteiger partial charge in [0.15, 0.2) is 0 Å². The largest absolute Gasteiger partial charge is 0.491 e. The zero-order chi connectivity index (χ0) is 20.3. The maximum absolute atomic E-state index is 13.8. The molecule has 0 saturated carbocycles. The summed E-state index contributed by atoms with van der Waals surface area (Å²) in [5.41, 5.74) is 9.05. The van der Waals surface area contributed by atoms with Gasteiger partial charge in [-0.2, -0.15) is 0 Å². The smallest absolute Gasteiger partial charge is 0.254 e. The maximum Gasteiger partial charge on any atom is 0.254 e. The number of halogens is 2. The number of aromatic nitrogens is 2. The molecular formula is C21H16BrFN4O2. The Morgan fingerprint density at radius 1 is 1.28 bits per heavy atom. The van der Waals surface area contributed by atoms with Gasteiger partial charge in [0.1, 0.15) is 24.0 Å². The number of nitrogen functional groups attached to an aromatic ring is 1. The molecule has 1 amide bonds. The summed E-state index contributed by atoms with van der Waals surface area (Å²) in [6, 6.07) is 12.1. The van der Waals surface area contributed by atoms with Gasteiger partial charge in [-0.05, 0) is 30.3 Å². The molecule has 0 spiro atoms. The summed E-state index contributed by atoms with van der Waals surface area (Å²) in [4.78, 5) is 19.2. The number of benzene rings is 2. The normalized spacial score (nSPS) is 15.5. The number of fused-ring (bicyclic) bond motifs is 4. The van der Waals surface area contributed by atoms with E-state index in [0.717, 1.165) is 15.8 Å². The van der Waals surface area contributed by atoms with Gasteiger partial charge in [0, 0.05) is 34.9 Å². The molecule has 0 bridgehead atoms. The van der Waals surface area contributed by atoms with E-state index in [-0.39, 0.29) is 17.8 Å². The van der Waals surface area contributed by atoms with Gasteiger partial charge in [-0.25, -0.2) is 9.37 Å². The first-order valence-electron chi connectivity index (χ1n) is 8.98. The molecule has 8 heteroatoms. The first-order chi connectivity index (χ1) is 13.9. The summed E-state index contributed by atoms with van der Waals surface area (Å²) < 4.78 is 22.1. The van der Waals surface area contributed by atoms with Crippen LogP contribution in [-0.4, -0.2) is 33.8 Å². The highest BCUT2D eigenvalue weighted by atomic mass is 79.9. The molecule has 4 aromatic rings. The third-order valence-electron chi connectivity index (χ3n) is 5.29. The second-order valence-electron chi connectivity index (χ2n) is 7.04. The van der Waals surface area contributed by atoms with Crippen molar-refractivity contribution in [3.8, 4) is 5.75 Å². The number of ether oxygens (including phenoxy) is 1. The summed E-state index contributed by atoms with van der Waals surface area (Å²) in [5, 5.41) is 0. The summed E-state index contributed by atoms with van der Waals surface area (Å²) in [7, 11) is 1.75. The van der Waals surface area contributed by atoms with Crippen molar-refractivity contribution in [2.45, 2.75) is 6.04 Å². The van der Waals surface area contributed by atoms with Crippen molar-refractivity contribution in [2.75, 3.05) is 19.4 Å². The molecule has 1 aliphatic heterocycles. The molecule has 146 valence electrons. The third-order valence-corrected chi connectivity index (χ3v) is 5.78. The first kappa shape index (κ1) is 17.9. The zero-order valence-corrected chi connectivity index (χ0v) is 17.0. The predicted molar refractivity (Wildman–Crippen MR) is 112 cm³/mol. The van der Waals surface area contributed by atoms with Crippen molar-refractivity contribution in [2.24, 2.45) is 0 Å². The van der Waals surface area contributed by atoms with Crippen molar-refractivity contribution in [1.29, 1.82) is 0 Å². The van der Waals surface area contributed by atoms with E-state index in [1.807, 2.05) is 18.2 Å². The van der Waals surface area contributed by atoms with Crippen LogP contribution in [0.3, 0.4) is 0 Å². The van der Waals surface area contributed by atoms with E-state index in [4.69, 9.17) is 10.5 Å². The van der Waals surface area contributed by atoms with Crippen LogP contribution < -0.4 is 10.5 Å². The topological polar surface area (TPSA) is 72.9 Å². The average Bonchev–Trinajstić information content (AvgIpc) is 3.30. The van der Waals surface area contributed by atoms with Crippen LogP contribution >= 0.6 is 15.9 Å². The number of hydrogen-bond acceptors (Lipinski definition) is 4. The van der Waals surface area contributed by atoms with E-state index in [9.17, 15) is 9.18 Å². The molecule has 2 N–H and O–H groups in total. The van der Waals surface area contributed by atoms with Crippen molar-refractivity contribution < 1.29 is 13.9 Å². The Balaban J connectivity index is 1.55. The number of hydrogen-bond donors (Lipinski definition) is 1. The van der Waals surface area contributed by atoms with Gasteiger partial charge in [0.05, 0.1) is 22.6 Å². The van der Waals surface area contributed by atoms with Crippen molar-refractivity contribution >= 4 is 44.2 Å². The molecule has 0 radical (unpaired) electrons. The van der Waals surface area contributed by atoms with Crippen LogP contribution in [0.1, 0.15) is 22.0 Å². The van der Waals surface area contributed by atoms with Crippen LogP contribution in [0.15, 0.2) is 53.1 Å². The van der Waals surface area contributed by atoms with Crippen LogP contribution in [0.25, 0.3) is 16.6 Å². The molecule has 0 unspecified atom stereocenters. The number of rotatable bonds is 2. The molecule has 0 aliphatic carbocycles. The fourth-order valence-electron chi connectivity index (χ4n) is 3.79. The molecule has 2 aromatic heterocycles. The lowest BCUT2D eigenvalue weighted by Gasteiger charge is -2.24. The minimum Gasteiger partial charge on any atom is -0.491 e. The number of amides is 1. The fraction of sp³-hybridized carbons (Fsp3) is 0.143. The molecule has 1 atom stereocenters. The Morgan fingerprint density at radius 2 is 2.10 bits per heavy atom. The minimum atomic E-state index is -0.411. The van der Waals surface area contributed by atoms with Gasteiger partial charge in [0.2, 0.25) is 0 Å². The highest BCUT2D eigenvalue weighted by molar-refractivity contribution is 9.10. The van der Waals surface area contributed by atoms with Crippen LogP contribution in [0.5, 0.6) is 5.75 Å². The van der Waals surface area contributed by atoms with E-state index in [0.29, 0.717) is 28.7 Å². The quantitative estimate of drug-likeness (QED) is 0.493. The predicted octanol–water partition coefficient (Wildman–Crippen LogP) is 4.18. The van der Waals surface area contributed by atoms with Gasteiger partial charge in [0.25, 0.3) is 5.91 Å². The summed E-state index contributed by atoms with van der Waals surface area (Å²) >= 11 is 3.43. The molecule has 6 nitrogen and oxygen atoms in total. The Labute approximate surface area is 173 Å². The average molecular weight is 455 g/mol. The number of nitrogens with two attached hydrogens (primary N) is 1. The lowest BCUT2D eigenvalue weighted by molar-refractivity contribution is 0.0708. The van der Waals surface area contributed by atoms with Crippen molar-refractivity contribution in [3.63, 3.8) is 0 Å². The molecule has 0 saturated heterocycles. The molecular weight excluding hydrogens is 439 g/mol. The Morgan fingerprint density at radius 3 is 2.93 bits per heavy atom. The number of likely N-dealkylation sites (N-methyl/N-ethyl adjacent to an activating group) is 1. The minimum absolute atomic E-state index is 0.158. The molecule has 3 heterocycles. The number of anilines is 1. The Hall–Kier alpha value is -3.13. The standard InChI is InChI=1S/C21H16BrFN4O2/c1-26(18-10-29-19-7-12(22)3-4-14(18)19)21(28)11-2-5-15-16(6-11)27-9-13(23)8-17(27)20(24)25-15/h2-9,18H,10H2,1H3,(H2,24,25)/t18-/m1/s1. The Kier molecular flexibility index (Phi) is 3.99. The molecule has 2 aromatic carbocycles. The van der Waals surface area contributed by atoms with Crippen molar-refractivity contribution in [3.05, 3.63) is 70.1 Å². The van der Waals surface area contributed by atoms with Crippen LogP contribution in [0, 0.1) is 5.82 Å². The fourth-order valence-corrected chi connectivity index (χ4v) is 4.13. The summed E-state index contributed by atoms with van der Waals surface area (Å²) in [6.07, 6.45) is 1.34. The van der Waals surface area contributed by atoms with Gasteiger partial charge in [-0.15, -0.1) is 0 Å². The molecule has 5 rings (SSSR count). The number of carbonyl (C=O) groups is 1. The van der Waals surface area contributed by atoms with Gasteiger partial charge in [-0.3, -0.25) is 4.79 Å². The molecule has 1 aliphatic rings. The molecule has 0 fully saturated rings. The highest BCUT2D eigenvalue weighted by Crippen LogP contribution is 2.38. The zero-order valence-electron chi connectivity index (χ0n) is 15.4. The van der Waals surface area contributed by atoms with E-state index < -0.39 is 5.82 Å². The van der Waals surface area contributed by atoms with Gasteiger partial charge in [-0.1, -0.05) is 22.0 Å². The summed E-state index contributed by atoms with van der Waals surface area (Å²) in [5.74, 6) is 0.440. The number of carbonyl (C=O) groups excluding carboxylic acids is 1. The SMILES string of the molecule is CN(C(=O)c1ccc2nc(N)c3cc(F)cn3c2c1)[C@@H]1COc2cc(Br)ccc21. The van der Waals surface area contributed by atoms with Crippen molar-refractivity contribution in [1.82, 2.24) is 14.3 Å². The third kappa shape index (κ3) is 2.82. The first-order valence-corrected chi connectivity index (χ1v) is 9.78. The summed E-state index contributed by atoms with van der Waals surface area (Å²) in [6.45, 7) is 0.396. The van der Waals surface area contributed by atoms with Crippen LogP contribution in [0.4, 0.5) is 10.2 Å². The Bertz CT molecular complexity index is 1300. The highest BCUT2D eigenvalue weighted by Gasteiger charge is 2.31. The molecule has 29 heavy (non-hydrogen) atoms. The van der Waals surface area contributed by atoms with E-state index in [2.05, 4.69) is 20.9 Å². The second-order valence-corrected chi connectivity index (χ2v) is 7.95. The monoisotopic (exact) mass is 454 g/mol. The number of nitrogens with zero attached hydrogens (tertiary/aromatic N) is 3. The second kappa shape index (κ2) is 6.45. The van der Waals surface area contributed by atoms with Crippen LogP contribution in [0.2, 0.25) is 0 Å². The van der Waals surface area contributed by atoms with Crippen LogP contribution in [-0.2, 0) is 0 Å².